The topological polar surface area (TPSA) is 38.3 Å². The number of carbonyl (C=O) groups is 1. The number of esters is 1. The normalized spacial score (nSPS) is 13.2. The van der Waals surface area contributed by atoms with Crippen LogP contribution < -0.4 is 5.32 Å². The fourth-order valence-electron chi connectivity index (χ4n) is 0.803. The van der Waals surface area contributed by atoms with Crippen LogP contribution in [0.4, 0.5) is 0 Å². The third-order valence-corrected chi connectivity index (χ3v) is 1.39. The van der Waals surface area contributed by atoms with E-state index in [9.17, 15) is 4.79 Å². The van der Waals surface area contributed by atoms with Gasteiger partial charge in [-0.05, 0) is 27.3 Å². The molecule has 0 spiro atoms. The Labute approximate surface area is 68.1 Å². The lowest BCUT2D eigenvalue weighted by Gasteiger charge is -2.14. The Morgan fingerprint density at radius 3 is 2.36 bits per heavy atom. The molecule has 0 aliphatic rings. The fraction of sp³-hybridized carbons (Fsp3) is 0.875. The Morgan fingerprint density at radius 2 is 2.09 bits per heavy atom. The van der Waals surface area contributed by atoms with Crippen molar-refractivity contribution in [2.24, 2.45) is 0 Å². The monoisotopic (exact) mass is 159 g/mol. The molecule has 0 bridgehead atoms. The van der Waals surface area contributed by atoms with Gasteiger partial charge in [-0.1, -0.05) is 6.92 Å². The minimum atomic E-state index is -0.162. The second kappa shape index (κ2) is 5.13. The van der Waals surface area contributed by atoms with Crippen molar-refractivity contribution in [1.29, 1.82) is 0 Å². The van der Waals surface area contributed by atoms with Gasteiger partial charge in [0.25, 0.3) is 0 Å². The van der Waals surface area contributed by atoms with Crippen LogP contribution in [0.5, 0.6) is 0 Å². The summed E-state index contributed by atoms with van der Waals surface area (Å²) in [4.78, 5) is 11.1. The molecule has 0 aromatic rings. The molecular formula is C8H17NO2. The standard InChI is InChI=1S/C8H17NO2/c1-5-7(9-4)8(10)11-6(2)3/h6-7,9H,5H2,1-4H3. The first-order valence-electron chi connectivity index (χ1n) is 3.99. The molecule has 3 nitrogen and oxygen atoms in total. The van der Waals surface area contributed by atoms with Crippen LogP contribution in [0.1, 0.15) is 27.2 Å². The van der Waals surface area contributed by atoms with Crippen molar-refractivity contribution in [3.05, 3.63) is 0 Å². The van der Waals surface area contributed by atoms with E-state index in [0.717, 1.165) is 6.42 Å². The maximum Gasteiger partial charge on any atom is 0.323 e. The van der Waals surface area contributed by atoms with Crippen LogP contribution in [0.25, 0.3) is 0 Å². The minimum Gasteiger partial charge on any atom is -0.462 e. The molecule has 66 valence electrons. The van der Waals surface area contributed by atoms with E-state index in [0.29, 0.717) is 0 Å². The number of carbonyl (C=O) groups excluding carboxylic acids is 1. The Bertz CT molecular complexity index is 119. The number of hydrogen-bond donors (Lipinski definition) is 1. The summed E-state index contributed by atoms with van der Waals surface area (Å²) in [5.41, 5.74) is 0. The Balaban J connectivity index is 3.79. The number of nitrogens with one attached hydrogen (secondary N) is 1. The molecule has 1 atom stereocenters. The van der Waals surface area contributed by atoms with Crippen LogP contribution in [0, 0.1) is 0 Å². The summed E-state index contributed by atoms with van der Waals surface area (Å²) in [5.74, 6) is -0.162. The number of ether oxygens (including phenoxy) is 1. The zero-order valence-corrected chi connectivity index (χ0v) is 7.68. The van der Waals surface area contributed by atoms with E-state index in [2.05, 4.69) is 5.32 Å². The van der Waals surface area contributed by atoms with Crippen LogP contribution in [-0.4, -0.2) is 25.2 Å². The van der Waals surface area contributed by atoms with Crippen molar-refractivity contribution < 1.29 is 9.53 Å². The minimum absolute atomic E-state index is 0.0232. The van der Waals surface area contributed by atoms with Crippen molar-refractivity contribution >= 4 is 5.97 Å². The van der Waals surface area contributed by atoms with Gasteiger partial charge in [0.05, 0.1) is 6.10 Å². The van der Waals surface area contributed by atoms with E-state index >= 15 is 0 Å². The lowest BCUT2D eigenvalue weighted by molar-refractivity contribution is -0.149. The predicted molar refractivity (Wildman–Crippen MR) is 44.4 cm³/mol. The molecule has 0 amide bonds. The van der Waals surface area contributed by atoms with Crippen LogP contribution in [-0.2, 0) is 9.53 Å². The summed E-state index contributed by atoms with van der Waals surface area (Å²) in [6.07, 6.45) is 0.743. The van der Waals surface area contributed by atoms with Crippen molar-refractivity contribution in [1.82, 2.24) is 5.32 Å². The molecule has 11 heavy (non-hydrogen) atoms. The maximum absolute atomic E-state index is 11.1. The van der Waals surface area contributed by atoms with E-state index < -0.39 is 0 Å². The number of rotatable bonds is 4. The van der Waals surface area contributed by atoms with Crippen LogP contribution >= 0.6 is 0 Å². The van der Waals surface area contributed by atoms with E-state index in [1.54, 1.807) is 7.05 Å². The van der Waals surface area contributed by atoms with Gasteiger partial charge in [-0.15, -0.1) is 0 Å². The molecule has 0 aromatic carbocycles. The largest absolute Gasteiger partial charge is 0.462 e. The summed E-state index contributed by atoms with van der Waals surface area (Å²) < 4.78 is 4.99. The molecule has 0 aliphatic carbocycles. The second-order valence-electron chi connectivity index (χ2n) is 2.74. The maximum atomic E-state index is 11.1. The first-order valence-corrected chi connectivity index (χ1v) is 3.99. The molecule has 1 N–H and O–H groups in total. The van der Waals surface area contributed by atoms with E-state index in [1.165, 1.54) is 0 Å². The zero-order chi connectivity index (χ0) is 8.85. The number of likely N-dealkylation sites (N-methyl/N-ethyl adjacent to an activating group) is 1. The van der Waals surface area contributed by atoms with Gasteiger partial charge in [0.15, 0.2) is 0 Å². The Morgan fingerprint density at radius 1 is 1.55 bits per heavy atom. The predicted octanol–water partition coefficient (Wildman–Crippen LogP) is 0.936. The van der Waals surface area contributed by atoms with Crippen LogP contribution in [0.2, 0.25) is 0 Å². The molecule has 0 radical (unpaired) electrons. The van der Waals surface area contributed by atoms with Gasteiger partial charge in [-0.2, -0.15) is 0 Å². The molecular weight excluding hydrogens is 142 g/mol. The molecule has 0 saturated heterocycles. The zero-order valence-electron chi connectivity index (χ0n) is 7.68. The molecule has 0 heterocycles. The van der Waals surface area contributed by atoms with Crippen molar-refractivity contribution in [2.45, 2.75) is 39.3 Å². The Kier molecular flexibility index (Phi) is 4.86. The van der Waals surface area contributed by atoms with Gasteiger partial charge in [-0.3, -0.25) is 4.79 Å². The molecule has 1 unspecified atom stereocenters. The average molecular weight is 159 g/mol. The van der Waals surface area contributed by atoms with Crippen molar-refractivity contribution in [3.8, 4) is 0 Å². The molecule has 0 aliphatic heterocycles. The molecule has 0 fully saturated rings. The lowest BCUT2D eigenvalue weighted by Crippen LogP contribution is -2.36. The average Bonchev–Trinajstić information content (AvgIpc) is 1.88. The van der Waals surface area contributed by atoms with Crippen molar-refractivity contribution in [2.75, 3.05) is 7.05 Å². The SMILES string of the molecule is CCC(NC)C(=O)OC(C)C. The summed E-state index contributed by atoms with van der Waals surface area (Å²) in [6, 6.07) is -0.155. The summed E-state index contributed by atoms with van der Waals surface area (Å²) in [7, 11) is 1.76. The highest BCUT2D eigenvalue weighted by molar-refractivity contribution is 5.75. The van der Waals surface area contributed by atoms with Gasteiger partial charge in [0.1, 0.15) is 6.04 Å². The fourth-order valence-corrected chi connectivity index (χ4v) is 0.803. The van der Waals surface area contributed by atoms with E-state index in [-0.39, 0.29) is 18.1 Å². The van der Waals surface area contributed by atoms with Crippen LogP contribution in [0.15, 0.2) is 0 Å². The van der Waals surface area contributed by atoms with Crippen LogP contribution in [0.3, 0.4) is 0 Å². The summed E-state index contributed by atoms with van der Waals surface area (Å²) in [6.45, 7) is 5.64. The Hall–Kier alpha value is -0.570. The first kappa shape index (κ1) is 10.4. The summed E-state index contributed by atoms with van der Waals surface area (Å²) in [5, 5.41) is 2.88. The highest BCUT2D eigenvalue weighted by Gasteiger charge is 2.15. The van der Waals surface area contributed by atoms with Crippen molar-refractivity contribution in [3.63, 3.8) is 0 Å². The van der Waals surface area contributed by atoms with Gasteiger partial charge < -0.3 is 10.1 Å². The third kappa shape index (κ3) is 3.98. The van der Waals surface area contributed by atoms with Gasteiger partial charge >= 0.3 is 5.97 Å². The van der Waals surface area contributed by atoms with Gasteiger partial charge in [0, 0.05) is 0 Å². The third-order valence-electron chi connectivity index (χ3n) is 1.39. The number of hydrogen-bond acceptors (Lipinski definition) is 3. The highest BCUT2D eigenvalue weighted by atomic mass is 16.5. The summed E-state index contributed by atoms with van der Waals surface area (Å²) >= 11 is 0. The molecule has 0 saturated carbocycles. The smallest absolute Gasteiger partial charge is 0.323 e. The quantitative estimate of drug-likeness (QED) is 0.620. The van der Waals surface area contributed by atoms with Gasteiger partial charge in [-0.25, -0.2) is 0 Å². The lowest BCUT2D eigenvalue weighted by atomic mass is 10.2. The van der Waals surface area contributed by atoms with E-state index in [4.69, 9.17) is 4.74 Å². The molecule has 0 rings (SSSR count). The highest BCUT2D eigenvalue weighted by Crippen LogP contribution is 1.97. The second-order valence-corrected chi connectivity index (χ2v) is 2.74. The first-order chi connectivity index (χ1) is 5.11. The molecule has 3 heteroatoms. The van der Waals surface area contributed by atoms with E-state index in [1.807, 2.05) is 20.8 Å². The molecule has 0 aromatic heterocycles. The van der Waals surface area contributed by atoms with Gasteiger partial charge in [0.2, 0.25) is 0 Å².